The predicted molar refractivity (Wildman–Crippen MR) is 58.2 cm³/mol. The fraction of sp³-hybridized carbons (Fsp3) is 0.636. The molecule has 0 rings (SSSR count). The van der Waals surface area contributed by atoms with E-state index in [0.29, 0.717) is 6.42 Å². The highest BCUT2D eigenvalue weighted by molar-refractivity contribution is 5.87. The summed E-state index contributed by atoms with van der Waals surface area (Å²) in [6.07, 6.45) is 2.25. The molecule has 86 valence electrons. The van der Waals surface area contributed by atoms with Gasteiger partial charge < -0.3 is 10.1 Å². The molecule has 0 aliphatic carbocycles. The third-order valence-corrected chi connectivity index (χ3v) is 2.17. The van der Waals surface area contributed by atoms with Crippen LogP contribution in [0.4, 0.5) is 0 Å². The Bertz CT molecular complexity index is 259. The molecule has 1 N–H and O–H groups in total. The van der Waals surface area contributed by atoms with Crippen molar-refractivity contribution in [3.63, 3.8) is 0 Å². The lowest BCUT2D eigenvalue weighted by Crippen LogP contribution is -2.45. The van der Waals surface area contributed by atoms with E-state index in [2.05, 4.69) is 16.6 Å². The van der Waals surface area contributed by atoms with Crippen LogP contribution in [-0.4, -0.2) is 25.0 Å². The molecule has 0 aromatic rings. The Hall–Kier alpha value is -1.32. The standard InChI is InChI=1S/C11H19NO3/c1-6-7-11(3,4)10(14)12-8(2)9(13)15-5/h6,8H,1,7H2,2-5H3,(H,12,14)/t8-/m1/s1. The van der Waals surface area contributed by atoms with E-state index in [1.54, 1.807) is 26.8 Å². The number of ether oxygens (including phenoxy) is 1. The van der Waals surface area contributed by atoms with E-state index in [9.17, 15) is 9.59 Å². The molecule has 0 saturated heterocycles. The molecular formula is C11H19NO3. The van der Waals surface area contributed by atoms with Crippen molar-refractivity contribution in [2.24, 2.45) is 5.41 Å². The average Bonchev–Trinajstić information content (AvgIpc) is 2.16. The van der Waals surface area contributed by atoms with Crippen LogP contribution in [0, 0.1) is 5.41 Å². The number of hydrogen-bond donors (Lipinski definition) is 1. The summed E-state index contributed by atoms with van der Waals surface area (Å²) in [5, 5.41) is 2.59. The number of rotatable bonds is 5. The van der Waals surface area contributed by atoms with Crippen LogP contribution in [0.15, 0.2) is 12.7 Å². The first-order chi connectivity index (χ1) is 6.85. The third kappa shape index (κ3) is 4.14. The molecule has 4 nitrogen and oxygen atoms in total. The molecule has 0 fully saturated rings. The minimum Gasteiger partial charge on any atom is -0.467 e. The van der Waals surface area contributed by atoms with E-state index >= 15 is 0 Å². The van der Waals surface area contributed by atoms with Crippen molar-refractivity contribution in [2.75, 3.05) is 7.11 Å². The van der Waals surface area contributed by atoms with Gasteiger partial charge in [-0.05, 0) is 13.3 Å². The molecule has 0 saturated carbocycles. The van der Waals surface area contributed by atoms with Crippen LogP contribution in [0.5, 0.6) is 0 Å². The van der Waals surface area contributed by atoms with Gasteiger partial charge in [0.25, 0.3) is 0 Å². The van der Waals surface area contributed by atoms with Crippen molar-refractivity contribution in [3.8, 4) is 0 Å². The molecule has 0 aromatic carbocycles. The Morgan fingerprint density at radius 1 is 1.53 bits per heavy atom. The van der Waals surface area contributed by atoms with Crippen LogP contribution in [0.25, 0.3) is 0 Å². The van der Waals surface area contributed by atoms with Gasteiger partial charge in [0.2, 0.25) is 5.91 Å². The van der Waals surface area contributed by atoms with E-state index in [0.717, 1.165) is 0 Å². The SMILES string of the molecule is C=CCC(C)(C)C(=O)N[C@H](C)C(=O)OC. The van der Waals surface area contributed by atoms with Gasteiger partial charge in [0, 0.05) is 5.41 Å². The van der Waals surface area contributed by atoms with Crippen molar-refractivity contribution in [2.45, 2.75) is 33.2 Å². The van der Waals surface area contributed by atoms with E-state index in [1.165, 1.54) is 7.11 Å². The van der Waals surface area contributed by atoms with Crippen molar-refractivity contribution in [3.05, 3.63) is 12.7 Å². The van der Waals surface area contributed by atoms with Crippen molar-refractivity contribution in [1.82, 2.24) is 5.32 Å². The predicted octanol–water partition coefficient (Wildman–Crippen LogP) is 1.27. The molecule has 0 radical (unpaired) electrons. The van der Waals surface area contributed by atoms with Gasteiger partial charge >= 0.3 is 5.97 Å². The second-order valence-electron chi connectivity index (χ2n) is 4.09. The zero-order valence-corrected chi connectivity index (χ0v) is 9.79. The molecule has 1 atom stereocenters. The Balaban J connectivity index is 4.35. The van der Waals surface area contributed by atoms with Crippen LogP contribution >= 0.6 is 0 Å². The van der Waals surface area contributed by atoms with Crippen LogP contribution < -0.4 is 5.32 Å². The van der Waals surface area contributed by atoms with Gasteiger partial charge in [-0.2, -0.15) is 0 Å². The monoisotopic (exact) mass is 213 g/mol. The topological polar surface area (TPSA) is 55.4 Å². The van der Waals surface area contributed by atoms with Gasteiger partial charge in [-0.25, -0.2) is 4.79 Å². The molecule has 15 heavy (non-hydrogen) atoms. The number of esters is 1. The van der Waals surface area contributed by atoms with E-state index in [4.69, 9.17) is 0 Å². The Labute approximate surface area is 90.7 Å². The molecule has 0 aliphatic rings. The third-order valence-electron chi connectivity index (χ3n) is 2.17. The van der Waals surface area contributed by atoms with Crippen molar-refractivity contribution < 1.29 is 14.3 Å². The maximum Gasteiger partial charge on any atom is 0.328 e. The molecule has 0 spiro atoms. The summed E-state index contributed by atoms with van der Waals surface area (Å²) in [6.45, 7) is 8.78. The smallest absolute Gasteiger partial charge is 0.328 e. The second kappa shape index (κ2) is 5.53. The molecule has 0 bridgehead atoms. The quantitative estimate of drug-likeness (QED) is 0.552. The number of hydrogen-bond acceptors (Lipinski definition) is 3. The minimum absolute atomic E-state index is 0.180. The van der Waals surface area contributed by atoms with Crippen molar-refractivity contribution >= 4 is 11.9 Å². The zero-order valence-electron chi connectivity index (χ0n) is 9.79. The fourth-order valence-electron chi connectivity index (χ4n) is 1.08. The van der Waals surface area contributed by atoms with Crippen molar-refractivity contribution in [1.29, 1.82) is 0 Å². The lowest BCUT2D eigenvalue weighted by molar-refractivity contribution is -0.145. The molecule has 0 heterocycles. The Morgan fingerprint density at radius 3 is 2.47 bits per heavy atom. The van der Waals surface area contributed by atoms with Gasteiger partial charge in [-0.3, -0.25) is 4.79 Å². The number of carbonyl (C=O) groups is 2. The lowest BCUT2D eigenvalue weighted by Gasteiger charge is -2.23. The summed E-state index contributed by atoms with van der Waals surface area (Å²) in [4.78, 5) is 22.8. The normalized spacial score (nSPS) is 12.8. The van der Waals surface area contributed by atoms with Crippen LogP contribution in [0.3, 0.4) is 0 Å². The first-order valence-corrected chi connectivity index (χ1v) is 4.85. The second-order valence-corrected chi connectivity index (χ2v) is 4.09. The summed E-state index contributed by atoms with van der Waals surface area (Å²) < 4.78 is 4.51. The average molecular weight is 213 g/mol. The highest BCUT2D eigenvalue weighted by Gasteiger charge is 2.28. The number of amides is 1. The van der Waals surface area contributed by atoms with E-state index in [-0.39, 0.29) is 5.91 Å². The first kappa shape index (κ1) is 13.7. The number of nitrogens with one attached hydrogen (secondary N) is 1. The first-order valence-electron chi connectivity index (χ1n) is 4.85. The Kier molecular flexibility index (Phi) is 5.05. The summed E-state index contributed by atoms with van der Waals surface area (Å²) in [5.74, 6) is -0.627. The van der Waals surface area contributed by atoms with Gasteiger partial charge in [-0.1, -0.05) is 19.9 Å². The van der Waals surface area contributed by atoms with Gasteiger partial charge in [0.1, 0.15) is 6.04 Å². The van der Waals surface area contributed by atoms with Gasteiger partial charge in [0.15, 0.2) is 0 Å². The van der Waals surface area contributed by atoms with Gasteiger partial charge in [-0.15, -0.1) is 6.58 Å². The van der Waals surface area contributed by atoms with Crippen LogP contribution in [-0.2, 0) is 14.3 Å². The summed E-state index contributed by atoms with van der Waals surface area (Å²) >= 11 is 0. The van der Waals surface area contributed by atoms with Gasteiger partial charge in [0.05, 0.1) is 7.11 Å². The number of methoxy groups -OCH3 is 1. The lowest BCUT2D eigenvalue weighted by atomic mass is 9.88. The van der Waals surface area contributed by atoms with Crippen LogP contribution in [0.2, 0.25) is 0 Å². The molecular weight excluding hydrogens is 194 g/mol. The molecule has 1 amide bonds. The molecule has 4 heteroatoms. The summed E-state index contributed by atoms with van der Waals surface area (Å²) in [6, 6.07) is -0.619. The maximum absolute atomic E-state index is 11.7. The minimum atomic E-state index is -0.619. The highest BCUT2D eigenvalue weighted by atomic mass is 16.5. The zero-order chi connectivity index (χ0) is 12.1. The molecule has 0 unspecified atom stereocenters. The largest absolute Gasteiger partial charge is 0.467 e. The van der Waals surface area contributed by atoms with E-state index < -0.39 is 17.4 Å². The molecule has 0 aliphatic heterocycles. The highest BCUT2D eigenvalue weighted by Crippen LogP contribution is 2.20. The van der Waals surface area contributed by atoms with E-state index in [1.807, 2.05) is 0 Å². The fourth-order valence-corrected chi connectivity index (χ4v) is 1.08. The summed E-state index contributed by atoms with van der Waals surface area (Å²) in [5.41, 5.74) is -0.552. The number of carbonyl (C=O) groups excluding carboxylic acids is 2. The Morgan fingerprint density at radius 2 is 2.07 bits per heavy atom. The number of allylic oxidation sites excluding steroid dienone is 1. The maximum atomic E-state index is 11.7. The van der Waals surface area contributed by atoms with Crippen LogP contribution in [0.1, 0.15) is 27.2 Å². The summed E-state index contributed by atoms with van der Waals surface area (Å²) in [7, 11) is 1.29. The molecule has 0 aromatic heterocycles.